The van der Waals surface area contributed by atoms with Crippen molar-refractivity contribution in [3.63, 3.8) is 0 Å². The van der Waals surface area contributed by atoms with E-state index in [1.807, 2.05) is 66.1 Å². The Kier molecular flexibility index (Phi) is 4.88. The summed E-state index contributed by atoms with van der Waals surface area (Å²) < 4.78 is 7.18. The van der Waals surface area contributed by atoms with Crippen LogP contribution in [0, 0.1) is 6.92 Å². The maximum absolute atomic E-state index is 12.8. The average molecular weight is 391 g/mol. The van der Waals surface area contributed by atoms with Crippen molar-refractivity contribution in [1.29, 1.82) is 0 Å². The van der Waals surface area contributed by atoms with Crippen LogP contribution in [-0.2, 0) is 6.42 Å². The molecule has 0 aliphatic rings. The number of nitrogens with zero attached hydrogens (tertiary/aromatic N) is 2. The number of fused-ring (bicyclic) bond motifs is 1. The van der Waals surface area contributed by atoms with Gasteiger partial charge in [-0.15, -0.1) is 0 Å². The number of nitrogens with one attached hydrogen (secondary N) is 1. The molecule has 0 bridgehead atoms. The summed E-state index contributed by atoms with van der Waals surface area (Å²) in [6.07, 6.45) is 2.84. The molecule has 5 nitrogen and oxygen atoms in total. The van der Waals surface area contributed by atoms with Crippen molar-refractivity contribution in [3.8, 4) is 17.0 Å². The number of hydrogen-bond donors (Lipinski definition) is 1. The van der Waals surface area contributed by atoms with Gasteiger partial charge in [-0.3, -0.25) is 9.20 Å². The Balaban J connectivity index is 1.63. The first-order valence-electron chi connectivity index (χ1n) is 9.13. The molecule has 0 spiro atoms. The highest BCUT2D eigenvalue weighted by molar-refractivity contribution is 7.19. The first-order chi connectivity index (χ1) is 13.6. The van der Waals surface area contributed by atoms with Crippen molar-refractivity contribution in [2.45, 2.75) is 20.3 Å². The van der Waals surface area contributed by atoms with Crippen molar-refractivity contribution >= 4 is 27.9 Å². The van der Waals surface area contributed by atoms with Gasteiger partial charge in [0.05, 0.1) is 12.8 Å². The number of thiazole rings is 1. The Morgan fingerprint density at radius 2 is 1.93 bits per heavy atom. The van der Waals surface area contributed by atoms with Crippen molar-refractivity contribution in [2.24, 2.45) is 0 Å². The molecule has 0 saturated heterocycles. The van der Waals surface area contributed by atoms with Crippen LogP contribution in [0.4, 0.5) is 5.69 Å². The molecule has 4 rings (SSSR count). The number of para-hydroxylation sites is 1. The van der Waals surface area contributed by atoms with Gasteiger partial charge in [-0.25, -0.2) is 4.98 Å². The fraction of sp³-hybridized carbons (Fsp3) is 0.182. The number of imidazole rings is 1. The third kappa shape index (κ3) is 3.27. The van der Waals surface area contributed by atoms with Crippen LogP contribution in [0.2, 0.25) is 0 Å². The summed E-state index contributed by atoms with van der Waals surface area (Å²) in [5.74, 6) is 0.715. The quantitative estimate of drug-likeness (QED) is 0.509. The van der Waals surface area contributed by atoms with E-state index in [0.717, 1.165) is 45.3 Å². The van der Waals surface area contributed by atoms with Crippen LogP contribution in [0.1, 0.15) is 27.9 Å². The lowest BCUT2D eigenvalue weighted by Gasteiger charge is -2.09. The highest BCUT2D eigenvalue weighted by Gasteiger charge is 2.19. The maximum atomic E-state index is 12.8. The van der Waals surface area contributed by atoms with E-state index in [2.05, 4.69) is 12.2 Å². The zero-order valence-electron chi connectivity index (χ0n) is 16.0. The molecule has 2 aromatic carbocycles. The molecule has 2 heterocycles. The van der Waals surface area contributed by atoms with E-state index in [9.17, 15) is 4.79 Å². The van der Waals surface area contributed by atoms with E-state index in [1.54, 1.807) is 7.11 Å². The normalized spacial score (nSPS) is 11.0. The summed E-state index contributed by atoms with van der Waals surface area (Å²) in [4.78, 5) is 19.0. The van der Waals surface area contributed by atoms with Gasteiger partial charge in [0.15, 0.2) is 4.96 Å². The minimum atomic E-state index is -0.0973. The zero-order valence-corrected chi connectivity index (χ0v) is 16.8. The van der Waals surface area contributed by atoms with Crippen molar-refractivity contribution < 1.29 is 9.53 Å². The minimum absolute atomic E-state index is 0.0973. The van der Waals surface area contributed by atoms with Crippen LogP contribution in [0.3, 0.4) is 0 Å². The number of carbonyl (C=O) groups is 1. The predicted octanol–water partition coefficient (Wildman–Crippen LogP) is 5.19. The summed E-state index contributed by atoms with van der Waals surface area (Å²) in [5, 5.41) is 3.04. The van der Waals surface area contributed by atoms with Crippen LogP contribution < -0.4 is 10.1 Å². The second-order valence-corrected chi connectivity index (χ2v) is 7.47. The van der Waals surface area contributed by atoms with E-state index < -0.39 is 0 Å². The number of aryl methyl sites for hydroxylation is 2. The van der Waals surface area contributed by atoms with E-state index in [-0.39, 0.29) is 5.91 Å². The van der Waals surface area contributed by atoms with Crippen LogP contribution in [-0.4, -0.2) is 22.4 Å². The second-order valence-electron chi connectivity index (χ2n) is 6.49. The van der Waals surface area contributed by atoms with E-state index >= 15 is 0 Å². The zero-order chi connectivity index (χ0) is 19.7. The van der Waals surface area contributed by atoms with E-state index in [0.29, 0.717) is 4.88 Å². The fourth-order valence-corrected chi connectivity index (χ4v) is 4.20. The third-order valence-electron chi connectivity index (χ3n) is 4.80. The highest BCUT2D eigenvalue weighted by Crippen LogP contribution is 2.29. The van der Waals surface area contributed by atoms with Gasteiger partial charge >= 0.3 is 0 Å². The molecule has 0 aliphatic carbocycles. The molecule has 0 fully saturated rings. The summed E-state index contributed by atoms with van der Waals surface area (Å²) in [5.41, 5.74) is 4.76. The minimum Gasteiger partial charge on any atom is -0.497 e. The molecule has 2 aromatic heterocycles. The maximum Gasteiger partial charge on any atom is 0.267 e. The fourth-order valence-electron chi connectivity index (χ4n) is 3.19. The molecule has 0 radical (unpaired) electrons. The smallest absolute Gasteiger partial charge is 0.267 e. The molecule has 28 heavy (non-hydrogen) atoms. The number of methoxy groups -OCH3 is 1. The topological polar surface area (TPSA) is 55.6 Å². The summed E-state index contributed by atoms with van der Waals surface area (Å²) in [7, 11) is 1.65. The van der Waals surface area contributed by atoms with Crippen molar-refractivity contribution in [3.05, 3.63) is 70.9 Å². The first kappa shape index (κ1) is 18.3. The van der Waals surface area contributed by atoms with Crippen LogP contribution in [0.25, 0.3) is 16.2 Å². The molecule has 0 atom stereocenters. The lowest BCUT2D eigenvalue weighted by molar-refractivity contribution is 0.102. The van der Waals surface area contributed by atoms with Gasteiger partial charge in [-0.1, -0.05) is 36.5 Å². The van der Waals surface area contributed by atoms with Gasteiger partial charge in [-0.05, 0) is 49.2 Å². The molecule has 1 N–H and O–H groups in total. The molecular formula is C22H21N3O2S. The lowest BCUT2D eigenvalue weighted by Crippen LogP contribution is -2.13. The Morgan fingerprint density at radius 1 is 1.18 bits per heavy atom. The average Bonchev–Trinajstić information content (AvgIpc) is 3.28. The molecule has 6 heteroatoms. The predicted molar refractivity (Wildman–Crippen MR) is 114 cm³/mol. The number of rotatable bonds is 5. The molecule has 4 aromatic rings. The van der Waals surface area contributed by atoms with Gasteiger partial charge in [0.1, 0.15) is 10.6 Å². The Labute approximate surface area is 167 Å². The molecule has 0 unspecified atom stereocenters. The van der Waals surface area contributed by atoms with Crippen LogP contribution >= 0.6 is 11.3 Å². The Hall–Kier alpha value is -3.12. The number of carbonyl (C=O) groups excluding carboxylic acids is 1. The largest absolute Gasteiger partial charge is 0.497 e. The summed E-state index contributed by atoms with van der Waals surface area (Å²) >= 11 is 1.40. The number of benzene rings is 2. The second kappa shape index (κ2) is 7.48. The van der Waals surface area contributed by atoms with Gasteiger partial charge in [0.2, 0.25) is 0 Å². The first-order valence-corrected chi connectivity index (χ1v) is 9.94. The van der Waals surface area contributed by atoms with Gasteiger partial charge in [0.25, 0.3) is 5.91 Å². The number of ether oxygens (including phenoxy) is 1. The van der Waals surface area contributed by atoms with Gasteiger partial charge in [-0.2, -0.15) is 0 Å². The molecular weight excluding hydrogens is 370 g/mol. The molecule has 142 valence electrons. The third-order valence-corrected chi connectivity index (χ3v) is 5.95. The van der Waals surface area contributed by atoms with Crippen molar-refractivity contribution in [2.75, 3.05) is 12.4 Å². The Morgan fingerprint density at radius 3 is 2.61 bits per heavy atom. The molecule has 1 amide bonds. The standard InChI is InChI=1S/C22H21N3O2S/c1-4-15-7-5-6-8-18(15)23-21(26)20-14(2)25-13-19(24-22(25)28-20)16-9-11-17(27-3)12-10-16/h5-13H,4H2,1-3H3,(H,23,26). The van der Waals surface area contributed by atoms with Crippen molar-refractivity contribution in [1.82, 2.24) is 9.38 Å². The number of aromatic nitrogens is 2. The van der Waals surface area contributed by atoms with Gasteiger partial charge in [0, 0.05) is 23.1 Å². The van der Waals surface area contributed by atoms with Gasteiger partial charge < -0.3 is 10.1 Å². The molecule has 0 aliphatic heterocycles. The van der Waals surface area contributed by atoms with Crippen LogP contribution in [0.5, 0.6) is 5.75 Å². The number of hydrogen-bond acceptors (Lipinski definition) is 4. The summed E-state index contributed by atoms with van der Waals surface area (Å²) in [6, 6.07) is 15.7. The number of amides is 1. The lowest BCUT2D eigenvalue weighted by atomic mass is 10.1. The highest BCUT2D eigenvalue weighted by atomic mass is 32.1. The Bertz CT molecular complexity index is 1140. The van der Waals surface area contributed by atoms with Crippen LogP contribution in [0.15, 0.2) is 54.7 Å². The monoisotopic (exact) mass is 391 g/mol. The SMILES string of the molecule is CCc1ccccc1NC(=O)c1sc2nc(-c3ccc(OC)cc3)cn2c1C. The summed E-state index contributed by atoms with van der Waals surface area (Å²) in [6.45, 7) is 4.03. The molecule has 0 saturated carbocycles. The van der Waals surface area contributed by atoms with E-state index in [4.69, 9.17) is 9.72 Å². The van der Waals surface area contributed by atoms with E-state index in [1.165, 1.54) is 11.3 Å². The number of anilines is 1.